The molecule has 0 aliphatic carbocycles. The molecule has 0 saturated heterocycles. The van der Waals surface area contributed by atoms with Gasteiger partial charge >= 0.3 is 0 Å². The summed E-state index contributed by atoms with van der Waals surface area (Å²) in [6.45, 7) is 1.41. The van der Waals surface area contributed by atoms with Crippen LogP contribution in [0, 0.1) is 11.3 Å². The van der Waals surface area contributed by atoms with Gasteiger partial charge in [0.2, 0.25) is 0 Å². The predicted octanol–water partition coefficient (Wildman–Crippen LogP) is 4.09. The quantitative estimate of drug-likeness (QED) is 0.523. The maximum Gasteiger partial charge on any atom is 0.266 e. The summed E-state index contributed by atoms with van der Waals surface area (Å²) in [4.78, 5) is 23.8. The van der Waals surface area contributed by atoms with Crippen molar-refractivity contribution in [1.82, 2.24) is 0 Å². The lowest BCUT2D eigenvalue weighted by Crippen LogP contribution is -2.15. The Hall–Kier alpha value is -2.90. The molecular formula is C18H13ClN2O2. The van der Waals surface area contributed by atoms with Crippen molar-refractivity contribution in [2.24, 2.45) is 0 Å². The number of carbonyl (C=O) groups is 2. The van der Waals surface area contributed by atoms with Gasteiger partial charge in [0.05, 0.1) is 5.69 Å². The molecule has 2 rings (SSSR count). The van der Waals surface area contributed by atoms with Crippen molar-refractivity contribution in [2.75, 3.05) is 5.32 Å². The lowest BCUT2D eigenvalue weighted by molar-refractivity contribution is -0.112. The second kappa shape index (κ2) is 7.39. The molecule has 0 aliphatic heterocycles. The van der Waals surface area contributed by atoms with Gasteiger partial charge in [0.15, 0.2) is 5.78 Å². The van der Waals surface area contributed by atoms with Crippen molar-refractivity contribution >= 4 is 35.1 Å². The van der Waals surface area contributed by atoms with Crippen LogP contribution in [0.5, 0.6) is 0 Å². The van der Waals surface area contributed by atoms with Gasteiger partial charge in [-0.25, -0.2) is 0 Å². The Morgan fingerprint density at radius 3 is 2.57 bits per heavy atom. The molecule has 0 aromatic heterocycles. The first-order chi connectivity index (χ1) is 11.0. The molecule has 1 N–H and O–H groups in total. The van der Waals surface area contributed by atoms with Gasteiger partial charge in [-0.1, -0.05) is 35.9 Å². The van der Waals surface area contributed by atoms with Crippen LogP contribution in [0.4, 0.5) is 5.69 Å². The van der Waals surface area contributed by atoms with Crippen LogP contribution in [0.25, 0.3) is 6.08 Å². The van der Waals surface area contributed by atoms with Gasteiger partial charge < -0.3 is 5.32 Å². The molecule has 23 heavy (non-hydrogen) atoms. The second-order valence-corrected chi connectivity index (χ2v) is 5.22. The highest BCUT2D eigenvalue weighted by Gasteiger charge is 2.13. The molecular weight excluding hydrogens is 312 g/mol. The number of hydrogen-bond acceptors (Lipinski definition) is 3. The van der Waals surface area contributed by atoms with Crippen LogP contribution in [-0.4, -0.2) is 11.7 Å². The van der Waals surface area contributed by atoms with E-state index in [4.69, 9.17) is 11.6 Å². The minimum absolute atomic E-state index is 0.0781. The molecule has 0 bridgehead atoms. The number of Topliss-reactive ketones (excluding diaryl/α,β-unsaturated/α-hetero) is 1. The molecule has 0 fully saturated rings. The molecule has 1 amide bonds. The fourth-order valence-corrected chi connectivity index (χ4v) is 2.20. The molecule has 0 spiro atoms. The van der Waals surface area contributed by atoms with E-state index in [-0.39, 0.29) is 11.4 Å². The number of hydrogen-bond donors (Lipinski definition) is 1. The van der Waals surface area contributed by atoms with E-state index in [9.17, 15) is 14.9 Å². The van der Waals surface area contributed by atoms with Crippen LogP contribution in [0.2, 0.25) is 5.02 Å². The van der Waals surface area contributed by atoms with E-state index in [1.807, 2.05) is 6.07 Å². The summed E-state index contributed by atoms with van der Waals surface area (Å²) in [6, 6.07) is 15.3. The number of ketones is 1. The SMILES string of the molecule is CC(=O)c1ccccc1NC(=O)/C(C#N)=C\c1cccc(Cl)c1. The smallest absolute Gasteiger partial charge is 0.266 e. The third-order valence-corrected chi connectivity index (χ3v) is 3.31. The van der Waals surface area contributed by atoms with Crippen molar-refractivity contribution in [3.05, 3.63) is 70.3 Å². The number of amides is 1. The summed E-state index contributed by atoms with van der Waals surface area (Å²) in [7, 11) is 0. The molecule has 0 atom stereocenters. The van der Waals surface area contributed by atoms with Crippen molar-refractivity contribution in [1.29, 1.82) is 5.26 Å². The van der Waals surface area contributed by atoms with Crippen LogP contribution < -0.4 is 5.32 Å². The maximum atomic E-state index is 12.3. The highest BCUT2D eigenvalue weighted by atomic mass is 35.5. The van der Waals surface area contributed by atoms with Crippen LogP contribution in [-0.2, 0) is 4.79 Å². The Morgan fingerprint density at radius 1 is 1.17 bits per heavy atom. The van der Waals surface area contributed by atoms with Crippen LogP contribution in [0.3, 0.4) is 0 Å². The summed E-state index contributed by atoms with van der Waals surface area (Å²) < 4.78 is 0. The fraction of sp³-hybridized carbons (Fsp3) is 0.0556. The van der Waals surface area contributed by atoms with Gasteiger partial charge in [-0.3, -0.25) is 9.59 Å². The van der Waals surface area contributed by atoms with Gasteiger partial charge in [0.1, 0.15) is 11.6 Å². The number of nitrogens with one attached hydrogen (secondary N) is 1. The summed E-state index contributed by atoms with van der Waals surface area (Å²) in [6.07, 6.45) is 1.44. The summed E-state index contributed by atoms with van der Waals surface area (Å²) in [5.41, 5.74) is 1.33. The molecule has 0 unspecified atom stereocenters. The highest BCUT2D eigenvalue weighted by molar-refractivity contribution is 6.30. The summed E-state index contributed by atoms with van der Waals surface area (Å²) in [5.74, 6) is -0.751. The normalized spacial score (nSPS) is 10.7. The Kier molecular flexibility index (Phi) is 5.29. The van der Waals surface area contributed by atoms with E-state index in [2.05, 4.69) is 5.32 Å². The first-order valence-corrected chi connectivity index (χ1v) is 7.17. The summed E-state index contributed by atoms with van der Waals surface area (Å²) >= 11 is 5.89. The van der Waals surface area contributed by atoms with E-state index in [0.29, 0.717) is 21.8 Å². The Morgan fingerprint density at radius 2 is 1.91 bits per heavy atom. The fourth-order valence-electron chi connectivity index (χ4n) is 2.00. The predicted molar refractivity (Wildman–Crippen MR) is 90.1 cm³/mol. The first-order valence-electron chi connectivity index (χ1n) is 6.80. The Labute approximate surface area is 139 Å². The Balaban J connectivity index is 2.29. The standard InChI is InChI=1S/C18H13ClN2O2/c1-12(22)16-7-2-3-8-17(16)21-18(23)14(11-20)9-13-5-4-6-15(19)10-13/h2-10H,1H3,(H,21,23)/b14-9-. The molecule has 0 saturated carbocycles. The molecule has 114 valence electrons. The first kappa shape index (κ1) is 16.5. The van der Waals surface area contributed by atoms with E-state index >= 15 is 0 Å². The topological polar surface area (TPSA) is 70.0 Å². The molecule has 0 heterocycles. The molecule has 0 radical (unpaired) electrons. The van der Waals surface area contributed by atoms with Gasteiger partial charge in [-0.2, -0.15) is 5.26 Å². The molecule has 0 aliphatic rings. The number of rotatable bonds is 4. The number of para-hydroxylation sites is 1. The van der Waals surface area contributed by atoms with Gasteiger partial charge in [-0.15, -0.1) is 0 Å². The second-order valence-electron chi connectivity index (χ2n) is 4.78. The van der Waals surface area contributed by atoms with Gasteiger partial charge in [0, 0.05) is 10.6 Å². The monoisotopic (exact) mass is 324 g/mol. The van der Waals surface area contributed by atoms with Crippen molar-refractivity contribution < 1.29 is 9.59 Å². The number of nitrogens with zero attached hydrogens (tertiary/aromatic N) is 1. The van der Waals surface area contributed by atoms with Gasteiger partial charge in [0.25, 0.3) is 5.91 Å². The Bertz CT molecular complexity index is 835. The lowest BCUT2D eigenvalue weighted by atomic mass is 10.1. The van der Waals surface area contributed by atoms with Crippen molar-refractivity contribution in [3.8, 4) is 6.07 Å². The zero-order valence-corrected chi connectivity index (χ0v) is 13.1. The van der Waals surface area contributed by atoms with E-state index in [1.54, 1.807) is 48.5 Å². The largest absolute Gasteiger partial charge is 0.321 e. The number of anilines is 1. The van der Waals surface area contributed by atoms with E-state index < -0.39 is 5.91 Å². The van der Waals surface area contributed by atoms with Gasteiger partial charge in [-0.05, 0) is 42.8 Å². The third-order valence-electron chi connectivity index (χ3n) is 3.08. The summed E-state index contributed by atoms with van der Waals surface area (Å²) in [5, 5.41) is 12.3. The average molecular weight is 325 g/mol. The lowest BCUT2D eigenvalue weighted by Gasteiger charge is -2.08. The average Bonchev–Trinajstić information content (AvgIpc) is 2.53. The molecule has 5 heteroatoms. The number of benzene rings is 2. The number of carbonyl (C=O) groups excluding carboxylic acids is 2. The minimum atomic E-state index is -0.582. The minimum Gasteiger partial charge on any atom is -0.321 e. The zero-order chi connectivity index (χ0) is 16.8. The molecule has 2 aromatic carbocycles. The van der Waals surface area contributed by atoms with Crippen LogP contribution >= 0.6 is 11.6 Å². The van der Waals surface area contributed by atoms with Crippen molar-refractivity contribution in [3.63, 3.8) is 0 Å². The van der Waals surface area contributed by atoms with E-state index in [1.165, 1.54) is 13.0 Å². The molecule has 4 nitrogen and oxygen atoms in total. The molecule has 2 aromatic rings. The van der Waals surface area contributed by atoms with Crippen LogP contribution in [0.1, 0.15) is 22.8 Å². The third kappa shape index (κ3) is 4.29. The van der Waals surface area contributed by atoms with E-state index in [0.717, 1.165) is 0 Å². The number of nitriles is 1. The van der Waals surface area contributed by atoms with Crippen LogP contribution in [0.15, 0.2) is 54.1 Å². The zero-order valence-electron chi connectivity index (χ0n) is 12.3. The highest BCUT2D eigenvalue weighted by Crippen LogP contribution is 2.18. The number of halogens is 1. The maximum absolute atomic E-state index is 12.3. The van der Waals surface area contributed by atoms with Crippen molar-refractivity contribution in [2.45, 2.75) is 6.92 Å².